The van der Waals surface area contributed by atoms with Crippen LogP contribution in [0.5, 0.6) is 0 Å². The van der Waals surface area contributed by atoms with Crippen LogP contribution in [0.2, 0.25) is 0 Å². The number of hydroxylamine groups is 2. The summed E-state index contributed by atoms with van der Waals surface area (Å²) in [5.74, 6) is -1.01. The average molecular weight is 407 g/mol. The molecular formula is C18H31N5O5. The summed E-state index contributed by atoms with van der Waals surface area (Å²) in [6, 6.07) is 0.340. The predicted molar refractivity (Wildman–Crippen MR) is 101 cm³/mol. The number of carbonyl (C=O) groups is 4. The summed E-state index contributed by atoms with van der Waals surface area (Å²) in [6.07, 6.45) is 0.613. The number of unbranched alkanes of at least 4 members (excludes halogenated alkanes) is 1. The van der Waals surface area contributed by atoms with E-state index < -0.39 is 17.9 Å². The molecule has 0 aromatic carbocycles. The Morgan fingerprint density at radius 1 is 1.04 bits per heavy atom. The number of rotatable bonds is 7. The highest BCUT2D eigenvalue weighted by atomic mass is 16.7. The van der Waals surface area contributed by atoms with Gasteiger partial charge >= 0.3 is 6.09 Å². The molecule has 3 atom stereocenters. The number of carbonyl (C=O) groups excluding carboxylic acids is 4. The molecule has 0 aromatic rings. The molecule has 0 radical (unpaired) electrons. The first kappa shape index (κ1) is 22.1. The van der Waals surface area contributed by atoms with Gasteiger partial charge in [0.1, 0.15) is 6.04 Å². The van der Waals surface area contributed by atoms with Gasteiger partial charge in [0.2, 0.25) is 5.91 Å². The van der Waals surface area contributed by atoms with Gasteiger partial charge in [0.25, 0.3) is 11.8 Å². The Labute approximate surface area is 165 Å². The van der Waals surface area contributed by atoms with E-state index in [4.69, 9.17) is 4.84 Å². The summed E-state index contributed by atoms with van der Waals surface area (Å²) in [6.45, 7) is 5.88. The average Bonchev–Trinajstić information content (AvgIpc) is 2.94. The van der Waals surface area contributed by atoms with Gasteiger partial charge < -0.3 is 15.5 Å². The van der Waals surface area contributed by atoms with Gasteiger partial charge in [-0.05, 0) is 40.8 Å². The highest BCUT2D eigenvalue weighted by Crippen LogP contribution is 2.18. The van der Waals surface area contributed by atoms with E-state index in [1.807, 2.05) is 14.1 Å². The molecule has 2 rings (SSSR count). The maximum atomic E-state index is 12.5. The van der Waals surface area contributed by atoms with Gasteiger partial charge in [-0.15, -0.1) is 5.06 Å². The van der Waals surface area contributed by atoms with Gasteiger partial charge in [0, 0.05) is 44.6 Å². The molecule has 4 amide bonds. The number of likely N-dealkylation sites (N-methyl/N-ethyl adjacent to an activating group) is 2. The molecular weight excluding hydrogens is 376 g/mol. The minimum absolute atomic E-state index is 0.00665. The Bertz CT molecular complexity index is 597. The van der Waals surface area contributed by atoms with Crippen LogP contribution in [0.3, 0.4) is 0 Å². The number of piperazine rings is 1. The zero-order valence-electron chi connectivity index (χ0n) is 17.1. The Hall–Kier alpha value is -2.20. The van der Waals surface area contributed by atoms with Crippen molar-refractivity contribution in [2.75, 3.05) is 33.7 Å². The molecule has 10 heteroatoms. The molecule has 0 bridgehead atoms. The van der Waals surface area contributed by atoms with E-state index in [9.17, 15) is 19.2 Å². The third-order valence-corrected chi connectivity index (χ3v) is 5.44. The highest BCUT2D eigenvalue weighted by Gasteiger charge is 2.38. The fraction of sp³-hybridized carbons (Fsp3) is 0.778. The van der Waals surface area contributed by atoms with E-state index in [0.29, 0.717) is 37.0 Å². The molecule has 2 aliphatic rings. The van der Waals surface area contributed by atoms with Crippen molar-refractivity contribution in [3.05, 3.63) is 0 Å². The summed E-state index contributed by atoms with van der Waals surface area (Å²) >= 11 is 0. The lowest BCUT2D eigenvalue weighted by molar-refractivity contribution is -0.171. The molecule has 3 unspecified atom stereocenters. The summed E-state index contributed by atoms with van der Waals surface area (Å²) in [5, 5.41) is 5.96. The van der Waals surface area contributed by atoms with Crippen LogP contribution in [0.25, 0.3) is 0 Å². The zero-order valence-corrected chi connectivity index (χ0v) is 17.1. The van der Waals surface area contributed by atoms with E-state index in [2.05, 4.69) is 34.3 Å². The smallest absolute Gasteiger partial charge is 0.355 e. The lowest BCUT2D eigenvalue weighted by Gasteiger charge is -2.46. The van der Waals surface area contributed by atoms with Crippen molar-refractivity contribution in [1.82, 2.24) is 25.5 Å². The van der Waals surface area contributed by atoms with Gasteiger partial charge in [0.15, 0.2) is 0 Å². The summed E-state index contributed by atoms with van der Waals surface area (Å²) in [4.78, 5) is 55.9. The Kier molecular flexibility index (Phi) is 7.76. The van der Waals surface area contributed by atoms with Crippen molar-refractivity contribution in [3.8, 4) is 0 Å². The molecule has 28 heavy (non-hydrogen) atoms. The van der Waals surface area contributed by atoms with Gasteiger partial charge in [0.05, 0.1) is 0 Å². The van der Waals surface area contributed by atoms with Crippen LogP contribution in [0.4, 0.5) is 4.79 Å². The number of nitrogens with zero attached hydrogens (tertiary/aromatic N) is 3. The van der Waals surface area contributed by atoms with Crippen LogP contribution in [0.15, 0.2) is 0 Å². The van der Waals surface area contributed by atoms with Crippen LogP contribution in [0, 0.1) is 0 Å². The number of hydrogen-bond acceptors (Lipinski definition) is 7. The molecule has 2 aliphatic heterocycles. The molecule has 10 nitrogen and oxygen atoms in total. The number of hydrogen-bond donors (Lipinski definition) is 2. The largest absolute Gasteiger partial charge is 0.432 e. The Morgan fingerprint density at radius 2 is 1.61 bits per heavy atom. The SMILES string of the molecule is [13CH3][13CH]1[13CH2]N([13CH3])[13CH](C(=O)[15NH]CCCC[15NH]C(=O)ON2C(=O)CCC2=O)[13CH]([13CH3])N1[13CH3]. The highest BCUT2D eigenvalue weighted by molar-refractivity contribution is 6.01. The number of nitrogens with one attached hydrogen (secondary N) is 2. The molecule has 2 fully saturated rings. The van der Waals surface area contributed by atoms with Crippen molar-refractivity contribution >= 4 is 23.8 Å². The first-order valence-electron chi connectivity index (χ1n) is 9.73. The number of amides is 4. The molecule has 0 aliphatic carbocycles. The van der Waals surface area contributed by atoms with Crippen molar-refractivity contribution in [3.63, 3.8) is 0 Å². The summed E-state index contributed by atoms with van der Waals surface area (Å²) in [5.41, 5.74) is 0. The first-order valence-corrected chi connectivity index (χ1v) is 9.73. The van der Waals surface area contributed by atoms with Crippen molar-refractivity contribution in [2.24, 2.45) is 0 Å². The Balaban J connectivity index is 1.61. The van der Waals surface area contributed by atoms with E-state index in [-0.39, 0.29) is 30.8 Å². The lowest BCUT2D eigenvalue weighted by atomic mass is 10.3. The molecule has 0 aromatic heterocycles. The van der Waals surface area contributed by atoms with Crippen molar-refractivity contribution < 1.29 is 24.0 Å². The topological polar surface area (TPSA) is 111 Å². The van der Waals surface area contributed by atoms with Crippen LogP contribution < -0.4 is 10.6 Å². The van der Waals surface area contributed by atoms with E-state index in [1.165, 1.54) is 0 Å². The first-order chi connectivity index (χ1) is 13.2. The maximum Gasteiger partial charge on any atom is 0.432 e. The van der Waals surface area contributed by atoms with Gasteiger partial charge in [-0.3, -0.25) is 24.2 Å². The quantitative estimate of drug-likeness (QED) is 0.258. The molecule has 158 valence electrons. The minimum Gasteiger partial charge on any atom is -0.355 e. The molecule has 2 N–H and O–H groups in total. The van der Waals surface area contributed by atoms with Crippen LogP contribution in [0.1, 0.15) is 39.5 Å². The van der Waals surface area contributed by atoms with E-state index in [0.717, 1.165) is 6.54 Å². The summed E-state index contributed by atoms with van der Waals surface area (Å²) in [7, 11) is 4.01. The second-order valence-electron chi connectivity index (χ2n) is 7.53. The third kappa shape index (κ3) is 5.41. The molecule has 0 spiro atoms. The normalized spacial score (nSPS) is 26.4. The fourth-order valence-corrected chi connectivity index (χ4v) is 3.60. The van der Waals surface area contributed by atoms with Crippen LogP contribution in [-0.4, -0.2) is 90.5 Å². The minimum atomic E-state index is -0.831. The maximum absolute atomic E-state index is 12.5. The van der Waals surface area contributed by atoms with Gasteiger partial charge in [-0.2, -0.15) is 0 Å². The zero-order chi connectivity index (χ0) is 20.8. The Morgan fingerprint density at radius 3 is 2.21 bits per heavy atom. The second-order valence-corrected chi connectivity index (χ2v) is 7.53. The van der Waals surface area contributed by atoms with Gasteiger partial charge in [-0.1, -0.05) is 0 Å². The standard InChI is InChI=1S/C18H31N5O5/c1-12-11-21(3)16(13(2)22(12)4)17(26)19-9-5-6-10-20-18(27)28-23-14(24)7-8-15(23)25/h12-13,16H,5-11H2,1-4H3,(H,19,26)(H,20,27)/i1+1,2+1,3+1,4+1,11+1,12+1,13+1,16+1,19+1,20+1. The van der Waals surface area contributed by atoms with Crippen molar-refractivity contribution in [1.29, 1.82) is 0 Å². The van der Waals surface area contributed by atoms with Crippen molar-refractivity contribution in [2.45, 2.75) is 57.7 Å². The van der Waals surface area contributed by atoms with Crippen LogP contribution in [-0.2, 0) is 19.2 Å². The molecule has 2 saturated heterocycles. The lowest BCUT2D eigenvalue weighted by Crippen LogP contribution is -2.64. The fourth-order valence-electron chi connectivity index (χ4n) is 3.60. The van der Waals surface area contributed by atoms with E-state index >= 15 is 0 Å². The monoisotopic (exact) mass is 407 g/mol. The third-order valence-electron chi connectivity index (χ3n) is 5.44. The molecule has 0 saturated carbocycles. The van der Waals surface area contributed by atoms with Gasteiger partial charge in [-0.25, -0.2) is 4.79 Å². The summed E-state index contributed by atoms with van der Waals surface area (Å²) < 4.78 is 0. The molecule has 2 heterocycles. The van der Waals surface area contributed by atoms with E-state index in [1.54, 1.807) is 0 Å². The second kappa shape index (κ2) is 9.83. The predicted octanol–water partition coefficient (Wildman–Crippen LogP) is -0.304. The van der Waals surface area contributed by atoms with Crippen LogP contribution >= 0.6 is 0 Å². The number of imide groups is 1.